The predicted octanol–water partition coefficient (Wildman–Crippen LogP) is 3.98. The molecular weight excluding hydrogens is 182 g/mol. The van der Waals surface area contributed by atoms with Gasteiger partial charge in [0.15, 0.2) is 0 Å². The molecule has 90 valence electrons. The minimum atomic E-state index is 0.949. The Morgan fingerprint density at radius 2 is 1.87 bits per heavy atom. The summed E-state index contributed by atoms with van der Waals surface area (Å²) < 4.78 is 0. The molecule has 1 nitrogen and oxygen atoms in total. The first-order chi connectivity index (χ1) is 7.36. The molecule has 0 amide bonds. The lowest BCUT2D eigenvalue weighted by Crippen LogP contribution is -2.24. The Morgan fingerprint density at radius 1 is 1.13 bits per heavy atom. The van der Waals surface area contributed by atoms with E-state index in [0.717, 1.165) is 11.8 Å². The summed E-state index contributed by atoms with van der Waals surface area (Å²) in [4.78, 5) is 0. The molecule has 1 aliphatic carbocycles. The van der Waals surface area contributed by atoms with Crippen LogP contribution in [0.15, 0.2) is 0 Å². The van der Waals surface area contributed by atoms with Crippen molar-refractivity contribution in [3.8, 4) is 0 Å². The molecule has 0 aromatic heterocycles. The summed E-state index contributed by atoms with van der Waals surface area (Å²) >= 11 is 0. The van der Waals surface area contributed by atoms with Crippen molar-refractivity contribution in [3.63, 3.8) is 0 Å². The van der Waals surface area contributed by atoms with Crippen LogP contribution in [-0.2, 0) is 0 Å². The highest BCUT2D eigenvalue weighted by Crippen LogP contribution is 2.31. The maximum Gasteiger partial charge on any atom is -0.00204 e. The van der Waals surface area contributed by atoms with Gasteiger partial charge in [0.25, 0.3) is 0 Å². The van der Waals surface area contributed by atoms with Crippen LogP contribution in [0.2, 0.25) is 0 Å². The Morgan fingerprint density at radius 3 is 2.47 bits per heavy atom. The van der Waals surface area contributed by atoms with Gasteiger partial charge in [-0.05, 0) is 44.2 Å². The Bertz CT molecular complexity index is 138. The van der Waals surface area contributed by atoms with Gasteiger partial charge in [0.1, 0.15) is 0 Å². The highest BCUT2D eigenvalue weighted by Gasteiger charge is 2.19. The second-order valence-corrected chi connectivity index (χ2v) is 5.25. The fourth-order valence-corrected chi connectivity index (χ4v) is 2.91. The topological polar surface area (TPSA) is 12.0 Å². The van der Waals surface area contributed by atoms with Gasteiger partial charge < -0.3 is 5.32 Å². The molecule has 0 bridgehead atoms. The molecule has 0 aromatic rings. The monoisotopic (exact) mass is 211 g/mol. The van der Waals surface area contributed by atoms with Crippen LogP contribution in [0.4, 0.5) is 0 Å². The van der Waals surface area contributed by atoms with E-state index < -0.39 is 0 Å². The van der Waals surface area contributed by atoms with Gasteiger partial charge in [-0.15, -0.1) is 0 Å². The first-order valence-electron chi connectivity index (χ1n) is 7.07. The third-order valence-corrected chi connectivity index (χ3v) is 3.70. The molecule has 1 atom stereocenters. The molecule has 1 heteroatoms. The Kier molecular flexibility index (Phi) is 7.08. The minimum Gasteiger partial charge on any atom is -0.316 e. The summed E-state index contributed by atoms with van der Waals surface area (Å²) in [6.07, 6.45) is 11.5. The van der Waals surface area contributed by atoms with Crippen LogP contribution in [0, 0.1) is 11.8 Å². The van der Waals surface area contributed by atoms with Gasteiger partial charge in [0.05, 0.1) is 0 Å². The highest BCUT2D eigenvalue weighted by atomic mass is 14.8. The summed E-state index contributed by atoms with van der Waals surface area (Å²) in [5, 5.41) is 3.59. The number of hydrogen-bond donors (Lipinski definition) is 1. The van der Waals surface area contributed by atoms with Crippen LogP contribution < -0.4 is 5.32 Å². The lowest BCUT2D eigenvalue weighted by atomic mass is 9.90. The Hall–Kier alpha value is -0.0400. The van der Waals surface area contributed by atoms with Gasteiger partial charge in [-0.3, -0.25) is 0 Å². The van der Waals surface area contributed by atoms with Crippen LogP contribution >= 0.6 is 0 Å². The zero-order chi connectivity index (χ0) is 10.9. The van der Waals surface area contributed by atoms with E-state index in [1.54, 1.807) is 0 Å². The summed E-state index contributed by atoms with van der Waals surface area (Å²) in [5.74, 6) is 2.01. The molecule has 1 unspecified atom stereocenters. The van der Waals surface area contributed by atoms with Gasteiger partial charge in [-0.2, -0.15) is 0 Å². The first-order valence-corrected chi connectivity index (χ1v) is 7.07. The SMILES string of the molecule is CCCNCC(CCC)CC1CCCC1. The molecule has 0 aliphatic heterocycles. The average Bonchev–Trinajstić information content (AvgIpc) is 2.71. The van der Waals surface area contributed by atoms with E-state index in [1.165, 1.54) is 64.5 Å². The molecule has 0 aromatic carbocycles. The van der Waals surface area contributed by atoms with Gasteiger partial charge >= 0.3 is 0 Å². The fourth-order valence-electron chi connectivity index (χ4n) is 2.91. The van der Waals surface area contributed by atoms with Crippen molar-refractivity contribution in [2.24, 2.45) is 11.8 Å². The maximum absolute atomic E-state index is 3.59. The van der Waals surface area contributed by atoms with Crippen molar-refractivity contribution in [1.29, 1.82) is 0 Å². The first kappa shape index (κ1) is 13.0. The number of nitrogens with one attached hydrogen (secondary N) is 1. The van der Waals surface area contributed by atoms with E-state index >= 15 is 0 Å². The smallest absolute Gasteiger partial charge is 0.00204 e. The van der Waals surface area contributed by atoms with E-state index in [2.05, 4.69) is 19.2 Å². The zero-order valence-corrected chi connectivity index (χ0v) is 10.7. The van der Waals surface area contributed by atoms with Crippen molar-refractivity contribution in [1.82, 2.24) is 5.32 Å². The Balaban J connectivity index is 2.16. The normalized spacial score (nSPS) is 19.6. The van der Waals surface area contributed by atoms with E-state index in [1.807, 2.05) is 0 Å². The molecule has 1 aliphatic rings. The van der Waals surface area contributed by atoms with Crippen LogP contribution in [0.5, 0.6) is 0 Å². The van der Waals surface area contributed by atoms with Crippen molar-refractivity contribution >= 4 is 0 Å². The standard InChI is InChI=1S/C14H29N/c1-3-7-14(12-15-10-4-2)11-13-8-5-6-9-13/h13-15H,3-12H2,1-2H3. The molecule has 0 spiro atoms. The molecule has 0 radical (unpaired) electrons. The number of rotatable bonds is 8. The van der Waals surface area contributed by atoms with Gasteiger partial charge in [0, 0.05) is 0 Å². The molecule has 1 fully saturated rings. The molecular formula is C14H29N. The zero-order valence-electron chi connectivity index (χ0n) is 10.7. The van der Waals surface area contributed by atoms with Crippen molar-refractivity contribution in [2.75, 3.05) is 13.1 Å². The van der Waals surface area contributed by atoms with Crippen LogP contribution in [0.25, 0.3) is 0 Å². The largest absolute Gasteiger partial charge is 0.316 e. The second-order valence-electron chi connectivity index (χ2n) is 5.25. The fraction of sp³-hybridized carbons (Fsp3) is 1.00. The molecule has 15 heavy (non-hydrogen) atoms. The van der Waals surface area contributed by atoms with E-state index in [4.69, 9.17) is 0 Å². The lowest BCUT2D eigenvalue weighted by Gasteiger charge is -2.20. The van der Waals surface area contributed by atoms with Crippen molar-refractivity contribution in [3.05, 3.63) is 0 Å². The summed E-state index contributed by atoms with van der Waals surface area (Å²) in [5.41, 5.74) is 0. The molecule has 1 N–H and O–H groups in total. The predicted molar refractivity (Wildman–Crippen MR) is 68.1 cm³/mol. The summed E-state index contributed by atoms with van der Waals surface area (Å²) in [6, 6.07) is 0. The van der Waals surface area contributed by atoms with Crippen LogP contribution in [0.3, 0.4) is 0 Å². The van der Waals surface area contributed by atoms with Gasteiger partial charge in [0.2, 0.25) is 0 Å². The molecule has 1 saturated carbocycles. The molecule has 0 heterocycles. The lowest BCUT2D eigenvalue weighted by molar-refractivity contribution is 0.340. The van der Waals surface area contributed by atoms with E-state index in [9.17, 15) is 0 Å². The molecule has 0 saturated heterocycles. The van der Waals surface area contributed by atoms with Gasteiger partial charge in [-0.25, -0.2) is 0 Å². The number of hydrogen-bond acceptors (Lipinski definition) is 1. The third kappa shape index (κ3) is 5.55. The highest BCUT2D eigenvalue weighted by molar-refractivity contribution is 4.73. The van der Waals surface area contributed by atoms with Crippen molar-refractivity contribution < 1.29 is 0 Å². The van der Waals surface area contributed by atoms with E-state index in [0.29, 0.717) is 0 Å². The summed E-state index contributed by atoms with van der Waals surface area (Å²) in [6.45, 7) is 7.03. The third-order valence-electron chi connectivity index (χ3n) is 3.70. The summed E-state index contributed by atoms with van der Waals surface area (Å²) in [7, 11) is 0. The minimum absolute atomic E-state index is 0.949. The quantitative estimate of drug-likeness (QED) is 0.599. The maximum atomic E-state index is 3.59. The van der Waals surface area contributed by atoms with Crippen LogP contribution in [-0.4, -0.2) is 13.1 Å². The van der Waals surface area contributed by atoms with Crippen LogP contribution in [0.1, 0.15) is 65.2 Å². The van der Waals surface area contributed by atoms with Crippen molar-refractivity contribution in [2.45, 2.75) is 65.2 Å². The van der Waals surface area contributed by atoms with E-state index in [-0.39, 0.29) is 0 Å². The second kappa shape index (κ2) is 8.15. The average molecular weight is 211 g/mol. The van der Waals surface area contributed by atoms with Gasteiger partial charge in [-0.1, -0.05) is 46.0 Å². The molecule has 1 rings (SSSR count). The Labute approximate surface area is 96.0 Å².